The van der Waals surface area contributed by atoms with Gasteiger partial charge in [-0.15, -0.1) is 0 Å². The molecule has 8 heteroatoms. The Kier molecular flexibility index (Phi) is 7.82. The van der Waals surface area contributed by atoms with Crippen LogP contribution in [-0.4, -0.2) is 48.8 Å². The first-order valence-corrected chi connectivity index (χ1v) is 7.57. The van der Waals surface area contributed by atoms with E-state index in [1.54, 1.807) is 25.0 Å². The Morgan fingerprint density at radius 2 is 2.04 bits per heavy atom. The van der Waals surface area contributed by atoms with Gasteiger partial charge >= 0.3 is 6.09 Å². The van der Waals surface area contributed by atoms with Gasteiger partial charge in [0.1, 0.15) is 5.75 Å². The van der Waals surface area contributed by atoms with Gasteiger partial charge in [0.2, 0.25) is 5.91 Å². The summed E-state index contributed by atoms with van der Waals surface area (Å²) in [5.41, 5.74) is 0.749. The van der Waals surface area contributed by atoms with Gasteiger partial charge in [-0.1, -0.05) is 6.07 Å². The number of ether oxygens (including phenoxy) is 2. The normalized spacial score (nSPS) is 9.70. The number of hydrogen-bond donors (Lipinski definition) is 2. The molecule has 0 radical (unpaired) electrons. The number of alkyl carbamates (subject to hydrolysis) is 1. The molecule has 2 N–H and O–H groups in total. The second-order valence-corrected chi connectivity index (χ2v) is 4.83. The molecule has 0 heterocycles. The lowest BCUT2D eigenvalue weighted by molar-refractivity contribution is -0.120. The standard InChI is InChI=1S/C15H21N3O4S/c1-4-18(10-13(19)17-15(20)22-5-2)14(23)16-11-7-6-8-12(9-11)21-3/h6-9H,4-5,10H2,1-3H3,(H,16,23)(H,17,19,20). The van der Waals surface area contributed by atoms with Crippen LogP contribution >= 0.6 is 12.2 Å². The lowest BCUT2D eigenvalue weighted by Gasteiger charge is -2.23. The van der Waals surface area contributed by atoms with E-state index >= 15 is 0 Å². The number of benzene rings is 1. The third-order valence-corrected chi connectivity index (χ3v) is 3.20. The minimum absolute atomic E-state index is 0.0505. The molecule has 7 nitrogen and oxygen atoms in total. The number of anilines is 1. The first-order chi connectivity index (χ1) is 11.0. The van der Waals surface area contributed by atoms with E-state index in [2.05, 4.69) is 15.4 Å². The molecule has 0 aliphatic carbocycles. The van der Waals surface area contributed by atoms with Gasteiger partial charge in [-0.3, -0.25) is 10.1 Å². The van der Waals surface area contributed by atoms with E-state index in [1.165, 1.54) is 0 Å². The van der Waals surface area contributed by atoms with Crippen molar-refractivity contribution in [1.82, 2.24) is 10.2 Å². The maximum Gasteiger partial charge on any atom is 0.413 e. The van der Waals surface area contributed by atoms with E-state index in [4.69, 9.17) is 17.0 Å². The smallest absolute Gasteiger partial charge is 0.413 e. The summed E-state index contributed by atoms with van der Waals surface area (Å²) in [5.74, 6) is 0.209. The van der Waals surface area contributed by atoms with Gasteiger partial charge in [0.25, 0.3) is 0 Å². The average Bonchev–Trinajstić information content (AvgIpc) is 2.52. The van der Waals surface area contributed by atoms with Crippen LogP contribution in [0.25, 0.3) is 0 Å². The van der Waals surface area contributed by atoms with Crippen molar-refractivity contribution >= 4 is 35.0 Å². The van der Waals surface area contributed by atoms with Crippen molar-refractivity contribution in [2.24, 2.45) is 0 Å². The molecular formula is C15H21N3O4S. The summed E-state index contributed by atoms with van der Waals surface area (Å²) >= 11 is 5.30. The molecule has 0 atom stereocenters. The predicted octanol–water partition coefficient (Wildman–Crippen LogP) is 1.99. The van der Waals surface area contributed by atoms with E-state index in [1.807, 2.05) is 25.1 Å². The molecule has 126 valence electrons. The Labute approximate surface area is 140 Å². The van der Waals surface area contributed by atoms with Crippen LogP contribution in [0.15, 0.2) is 24.3 Å². The SMILES string of the molecule is CCOC(=O)NC(=O)CN(CC)C(=S)Nc1cccc(OC)c1. The molecule has 0 aliphatic heterocycles. The number of carbonyl (C=O) groups is 2. The number of imide groups is 1. The second-order valence-electron chi connectivity index (χ2n) is 4.44. The lowest BCUT2D eigenvalue weighted by atomic mass is 10.3. The molecule has 0 aromatic heterocycles. The van der Waals surface area contributed by atoms with Crippen LogP contribution in [0.3, 0.4) is 0 Å². The van der Waals surface area contributed by atoms with E-state index in [0.29, 0.717) is 17.4 Å². The third-order valence-electron chi connectivity index (χ3n) is 2.84. The molecule has 2 amide bonds. The first kappa shape index (κ1) is 18.7. The highest BCUT2D eigenvalue weighted by atomic mass is 32.1. The summed E-state index contributed by atoms with van der Waals surface area (Å²) in [6.07, 6.45) is -0.764. The maximum atomic E-state index is 11.8. The van der Waals surface area contributed by atoms with Crippen molar-refractivity contribution < 1.29 is 19.1 Å². The van der Waals surface area contributed by atoms with E-state index in [0.717, 1.165) is 5.69 Å². The molecule has 0 saturated carbocycles. The van der Waals surface area contributed by atoms with Crippen molar-refractivity contribution in [2.75, 3.05) is 32.1 Å². The van der Waals surface area contributed by atoms with Gasteiger partial charge in [-0.2, -0.15) is 0 Å². The maximum absolute atomic E-state index is 11.8. The number of nitrogens with zero attached hydrogens (tertiary/aromatic N) is 1. The van der Waals surface area contributed by atoms with Crippen LogP contribution in [0.2, 0.25) is 0 Å². The second kappa shape index (κ2) is 9.62. The Morgan fingerprint density at radius 1 is 1.30 bits per heavy atom. The topological polar surface area (TPSA) is 79.9 Å². The average molecular weight is 339 g/mol. The molecule has 0 spiro atoms. The number of carbonyl (C=O) groups excluding carboxylic acids is 2. The number of hydrogen-bond acceptors (Lipinski definition) is 5. The molecule has 0 saturated heterocycles. The summed E-state index contributed by atoms with van der Waals surface area (Å²) in [6, 6.07) is 7.27. The summed E-state index contributed by atoms with van der Waals surface area (Å²) in [5, 5.41) is 5.54. The molecule has 0 aliphatic rings. The van der Waals surface area contributed by atoms with Crippen LogP contribution in [0, 0.1) is 0 Å². The Balaban J connectivity index is 2.60. The molecule has 23 heavy (non-hydrogen) atoms. The molecule has 1 aromatic rings. The van der Waals surface area contributed by atoms with Crippen molar-refractivity contribution in [3.8, 4) is 5.75 Å². The molecule has 0 fully saturated rings. The summed E-state index contributed by atoms with van der Waals surface area (Å²) in [7, 11) is 1.58. The number of thiocarbonyl (C=S) groups is 1. The molecular weight excluding hydrogens is 318 g/mol. The Bertz CT molecular complexity index is 565. The summed E-state index contributed by atoms with van der Waals surface area (Å²) in [6.45, 7) is 4.18. The van der Waals surface area contributed by atoms with Crippen LogP contribution in [0.5, 0.6) is 5.75 Å². The van der Waals surface area contributed by atoms with Crippen LogP contribution in [0.1, 0.15) is 13.8 Å². The van der Waals surface area contributed by atoms with Gasteiger partial charge < -0.3 is 19.7 Å². The van der Waals surface area contributed by atoms with Crippen molar-refractivity contribution in [3.63, 3.8) is 0 Å². The fourth-order valence-corrected chi connectivity index (χ4v) is 2.04. The minimum Gasteiger partial charge on any atom is -0.497 e. The van der Waals surface area contributed by atoms with E-state index in [9.17, 15) is 9.59 Å². The zero-order chi connectivity index (χ0) is 17.2. The number of nitrogens with one attached hydrogen (secondary N) is 2. The largest absolute Gasteiger partial charge is 0.497 e. The minimum atomic E-state index is -0.764. The third kappa shape index (κ3) is 6.52. The van der Waals surface area contributed by atoms with Gasteiger partial charge in [0.05, 0.1) is 20.3 Å². The highest BCUT2D eigenvalue weighted by Crippen LogP contribution is 2.17. The van der Waals surface area contributed by atoms with Gasteiger partial charge in [-0.25, -0.2) is 4.79 Å². The first-order valence-electron chi connectivity index (χ1n) is 7.16. The van der Waals surface area contributed by atoms with Crippen LogP contribution in [0.4, 0.5) is 10.5 Å². The number of amides is 2. The number of likely N-dealkylation sites (N-methyl/N-ethyl adjacent to an activating group) is 1. The quantitative estimate of drug-likeness (QED) is 0.767. The van der Waals surface area contributed by atoms with Gasteiger partial charge in [-0.05, 0) is 38.2 Å². The van der Waals surface area contributed by atoms with Crippen molar-refractivity contribution in [1.29, 1.82) is 0 Å². The zero-order valence-electron chi connectivity index (χ0n) is 13.4. The van der Waals surface area contributed by atoms with Crippen LogP contribution < -0.4 is 15.4 Å². The molecule has 1 rings (SSSR count). The van der Waals surface area contributed by atoms with Crippen molar-refractivity contribution in [2.45, 2.75) is 13.8 Å². The van der Waals surface area contributed by atoms with Crippen molar-refractivity contribution in [3.05, 3.63) is 24.3 Å². The fraction of sp³-hybridized carbons (Fsp3) is 0.400. The van der Waals surface area contributed by atoms with E-state index in [-0.39, 0.29) is 13.2 Å². The number of methoxy groups -OCH3 is 1. The van der Waals surface area contributed by atoms with E-state index < -0.39 is 12.0 Å². The highest BCUT2D eigenvalue weighted by Gasteiger charge is 2.15. The Morgan fingerprint density at radius 3 is 2.65 bits per heavy atom. The van der Waals surface area contributed by atoms with Gasteiger partial charge in [0.15, 0.2) is 5.11 Å². The molecule has 0 bridgehead atoms. The summed E-state index contributed by atoms with van der Waals surface area (Å²) < 4.78 is 9.80. The highest BCUT2D eigenvalue weighted by molar-refractivity contribution is 7.80. The lowest BCUT2D eigenvalue weighted by Crippen LogP contribution is -2.44. The number of rotatable bonds is 6. The predicted molar refractivity (Wildman–Crippen MR) is 91.6 cm³/mol. The molecule has 0 unspecified atom stereocenters. The van der Waals surface area contributed by atoms with Gasteiger partial charge in [0, 0.05) is 18.3 Å². The fourth-order valence-electron chi connectivity index (χ4n) is 1.72. The van der Waals surface area contributed by atoms with Crippen LogP contribution in [-0.2, 0) is 9.53 Å². The Hall–Kier alpha value is -2.35. The molecule has 1 aromatic carbocycles. The monoisotopic (exact) mass is 339 g/mol. The summed E-state index contributed by atoms with van der Waals surface area (Å²) in [4.78, 5) is 24.6. The zero-order valence-corrected chi connectivity index (χ0v) is 14.2.